The molecule has 0 aliphatic carbocycles. The molecule has 2 rings (SSSR count). The summed E-state index contributed by atoms with van der Waals surface area (Å²) in [5.74, 6) is 0.713. The topological polar surface area (TPSA) is 50.7 Å². The van der Waals surface area contributed by atoms with E-state index in [-0.39, 0.29) is 5.91 Å². The Hall–Kier alpha value is -2.04. The van der Waals surface area contributed by atoms with Gasteiger partial charge in [-0.15, -0.1) is 0 Å². The van der Waals surface area contributed by atoms with Gasteiger partial charge in [0.15, 0.2) is 0 Å². The van der Waals surface area contributed by atoms with Crippen molar-refractivity contribution in [3.63, 3.8) is 0 Å². The predicted molar refractivity (Wildman–Crippen MR) is 103 cm³/mol. The summed E-state index contributed by atoms with van der Waals surface area (Å²) in [6.45, 7) is 2.04. The SMILES string of the molecule is COc1ccc(CCCC(=O)N/N=C/c2cc(Cl)cc(Cl)c2)c(C)c1. The molecule has 0 bridgehead atoms. The summed E-state index contributed by atoms with van der Waals surface area (Å²) in [6, 6.07) is 11.0. The van der Waals surface area contributed by atoms with Gasteiger partial charge in [-0.25, -0.2) is 5.43 Å². The van der Waals surface area contributed by atoms with Crippen LogP contribution in [0, 0.1) is 6.92 Å². The van der Waals surface area contributed by atoms with E-state index in [0.29, 0.717) is 16.5 Å². The molecule has 132 valence electrons. The third-order valence-corrected chi connectivity index (χ3v) is 4.12. The van der Waals surface area contributed by atoms with E-state index >= 15 is 0 Å². The van der Waals surface area contributed by atoms with Gasteiger partial charge in [0, 0.05) is 16.5 Å². The number of rotatable bonds is 7. The number of halogens is 2. The summed E-state index contributed by atoms with van der Waals surface area (Å²) in [5, 5.41) is 4.98. The predicted octanol–water partition coefficient (Wildman–Crippen LogP) is 4.78. The van der Waals surface area contributed by atoms with E-state index in [9.17, 15) is 4.79 Å². The molecule has 0 radical (unpaired) electrons. The Kier molecular flexibility index (Phi) is 7.29. The fourth-order valence-corrected chi connectivity index (χ4v) is 2.94. The highest BCUT2D eigenvalue weighted by atomic mass is 35.5. The molecule has 25 heavy (non-hydrogen) atoms. The molecule has 4 nitrogen and oxygen atoms in total. The first kappa shape index (κ1) is 19.3. The van der Waals surface area contributed by atoms with E-state index in [0.717, 1.165) is 29.7 Å². The van der Waals surface area contributed by atoms with Gasteiger partial charge in [-0.1, -0.05) is 29.3 Å². The van der Waals surface area contributed by atoms with Gasteiger partial charge in [-0.3, -0.25) is 4.79 Å². The maximum absolute atomic E-state index is 11.8. The molecule has 0 spiro atoms. The van der Waals surface area contributed by atoms with E-state index in [1.807, 2.05) is 25.1 Å². The molecule has 0 saturated carbocycles. The smallest absolute Gasteiger partial charge is 0.240 e. The molecule has 0 aromatic heterocycles. The van der Waals surface area contributed by atoms with Crippen LogP contribution in [0.2, 0.25) is 10.0 Å². The lowest BCUT2D eigenvalue weighted by molar-refractivity contribution is -0.121. The highest BCUT2D eigenvalue weighted by Gasteiger charge is 2.04. The first-order chi connectivity index (χ1) is 12.0. The van der Waals surface area contributed by atoms with Crippen molar-refractivity contribution in [2.75, 3.05) is 7.11 Å². The molecule has 0 fully saturated rings. The van der Waals surface area contributed by atoms with Crippen molar-refractivity contribution in [2.45, 2.75) is 26.2 Å². The Balaban J connectivity index is 1.78. The number of methoxy groups -OCH3 is 1. The Morgan fingerprint density at radius 1 is 1.20 bits per heavy atom. The van der Waals surface area contributed by atoms with Crippen LogP contribution in [0.1, 0.15) is 29.5 Å². The lowest BCUT2D eigenvalue weighted by Crippen LogP contribution is -2.17. The number of ether oxygens (including phenoxy) is 1. The summed E-state index contributed by atoms with van der Waals surface area (Å²) in [4.78, 5) is 11.8. The number of carbonyl (C=O) groups is 1. The van der Waals surface area contributed by atoms with Crippen LogP contribution in [0.4, 0.5) is 0 Å². The fraction of sp³-hybridized carbons (Fsp3) is 0.263. The molecule has 1 N–H and O–H groups in total. The zero-order chi connectivity index (χ0) is 18.2. The highest BCUT2D eigenvalue weighted by Crippen LogP contribution is 2.19. The second-order valence-electron chi connectivity index (χ2n) is 5.64. The molecular formula is C19H20Cl2N2O2. The van der Waals surface area contributed by atoms with Gasteiger partial charge in [0.1, 0.15) is 5.75 Å². The summed E-state index contributed by atoms with van der Waals surface area (Å²) in [6.07, 6.45) is 3.50. The van der Waals surface area contributed by atoms with Crippen molar-refractivity contribution in [1.82, 2.24) is 5.43 Å². The summed E-state index contributed by atoms with van der Waals surface area (Å²) >= 11 is 11.8. The van der Waals surface area contributed by atoms with Crippen LogP contribution in [-0.2, 0) is 11.2 Å². The molecule has 0 unspecified atom stereocenters. The van der Waals surface area contributed by atoms with Gasteiger partial charge in [0.05, 0.1) is 13.3 Å². The monoisotopic (exact) mass is 378 g/mol. The molecule has 0 atom stereocenters. The molecule has 6 heteroatoms. The third-order valence-electron chi connectivity index (χ3n) is 3.69. The average Bonchev–Trinajstić information content (AvgIpc) is 2.55. The molecule has 2 aromatic rings. The Morgan fingerprint density at radius 2 is 1.92 bits per heavy atom. The van der Waals surface area contributed by atoms with Crippen LogP contribution in [0.15, 0.2) is 41.5 Å². The molecular weight excluding hydrogens is 359 g/mol. The normalized spacial score (nSPS) is 10.9. The van der Waals surface area contributed by atoms with Crippen LogP contribution in [-0.4, -0.2) is 19.2 Å². The lowest BCUT2D eigenvalue weighted by atomic mass is 10.0. The number of nitrogens with one attached hydrogen (secondary N) is 1. The van der Waals surface area contributed by atoms with Gasteiger partial charge < -0.3 is 4.74 Å². The average molecular weight is 379 g/mol. The number of hydrazone groups is 1. The minimum Gasteiger partial charge on any atom is -0.497 e. The number of aryl methyl sites for hydroxylation is 2. The third kappa shape index (κ3) is 6.40. The van der Waals surface area contributed by atoms with Crippen molar-refractivity contribution < 1.29 is 9.53 Å². The second kappa shape index (κ2) is 9.44. The van der Waals surface area contributed by atoms with E-state index in [4.69, 9.17) is 27.9 Å². The van der Waals surface area contributed by atoms with Gasteiger partial charge in [0.2, 0.25) is 5.91 Å². The molecule has 1 amide bonds. The summed E-state index contributed by atoms with van der Waals surface area (Å²) < 4.78 is 5.19. The number of hydrogen-bond acceptors (Lipinski definition) is 3. The van der Waals surface area contributed by atoms with Gasteiger partial charge in [-0.2, -0.15) is 5.10 Å². The quantitative estimate of drug-likeness (QED) is 0.556. The number of benzene rings is 2. The number of nitrogens with zero attached hydrogens (tertiary/aromatic N) is 1. The minimum atomic E-state index is -0.129. The van der Waals surface area contributed by atoms with E-state index < -0.39 is 0 Å². The van der Waals surface area contributed by atoms with E-state index in [1.54, 1.807) is 25.3 Å². The Bertz CT molecular complexity index is 756. The Labute approximate surface area is 157 Å². The van der Waals surface area contributed by atoms with Crippen molar-refractivity contribution in [2.24, 2.45) is 5.10 Å². The van der Waals surface area contributed by atoms with Gasteiger partial charge in [-0.05, 0) is 66.8 Å². The maximum Gasteiger partial charge on any atom is 0.240 e. The van der Waals surface area contributed by atoms with Crippen LogP contribution in [0.5, 0.6) is 5.75 Å². The minimum absolute atomic E-state index is 0.129. The van der Waals surface area contributed by atoms with E-state index in [1.165, 1.54) is 11.8 Å². The number of hydrogen-bond donors (Lipinski definition) is 1. The van der Waals surface area contributed by atoms with E-state index in [2.05, 4.69) is 10.5 Å². The maximum atomic E-state index is 11.8. The van der Waals surface area contributed by atoms with Crippen LogP contribution in [0.3, 0.4) is 0 Å². The lowest BCUT2D eigenvalue weighted by Gasteiger charge is -2.07. The second-order valence-corrected chi connectivity index (χ2v) is 6.51. The first-order valence-electron chi connectivity index (χ1n) is 7.89. The van der Waals surface area contributed by atoms with Crippen molar-refractivity contribution in [1.29, 1.82) is 0 Å². The zero-order valence-electron chi connectivity index (χ0n) is 14.2. The van der Waals surface area contributed by atoms with Crippen LogP contribution >= 0.6 is 23.2 Å². The van der Waals surface area contributed by atoms with Crippen molar-refractivity contribution in [3.05, 3.63) is 63.1 Å². The summed E-state index contributed by atoms with van der Waals surface area (Å²) in [5.41, 5.74) is 5.62. The van der Waals surface area contributed by atoms with Crippen molar-refractivity contribution in [3.8, 4) is 5.75 Å². The Morgan fingerprint density at radius 3 is 2.56 bits per heavy atom. The molecule has 0 saturated heterocycles. The number of amides is 1. The first-order valence-corrected chi connectivity index (χ1v) is 8.65. The van der Waals surface area contributed by atoms with Gasteiger partial charge >= 0.3 is 0 Å². The zero-order valence-corrected chi connectivity index (χ0v) is 15.7. The highest BCUT2D eigenvalue weighted by molar-refractivity contribution is 6.35. The van der Waals surface area contributed by atoms with Crippen molar-refractivity contribution >= 4 is 35.3 Å². The fourth-order valence-electron chi connectivity index (χ4n) is 2.40. The van der Waals surface area contributed by atoms with Gasteiger partial charge in [0.25, 0.3) is 0 Å². The molecule has 0 heterocycles. The van der Waals surface area contributed by atoms with Crippen LogP contribution in [0.25, 0.3) is 0 Å². The largest absolute Gasteiger partial charge is 0.497 e. The number of carbonyl (C=O) groups excluding carboxylic acids is 1. The summed E-state index contributed by atoms with van der Waals surface area (Å²) in [7, 11) is 1.65. The standard InChI is InChI=1S/C19H20Cl2N2O2/c1-13-8-18(25-2)7-6-15(13)4-3-5-19(24)23-22-12-14-9-16(20)11-17(21)10-14/h6-12H,3-5H2,1-2H3,(H,23,24)/b22-12+. The molecule has 0 aliphatic heterocycles. The molecule has 0 aliphatic rings. The van der Waals surface area contributed by atoms with Crippen LogP contribution < -0.4 is 10.2 Å². The molecule has 2 aromatic carbocycles.